The molecular weight excluding hydrogens is 252 g/mol. The maximum Gasteiger partial charge on any atom is 0.333 e. The molecule has 1 fully saturated rings. The summed E-state index contributed by atoms with van der Waals surface area (Å²) in [6.45, 7) is 1.92. The summed E-state index contributed by atoms with van der Waals surface area (Å²) < 4.78 is 7.84. The van der Waals surface area contributed by atoms with Crippen LogP contribution in [-0.2, 0) is 11.3 Å². The van der Waals surface area contributed by atoms with Gasteiger partial charge in [0.1, 0.15) is 12.3 Å². The van der Waals surface area contributed by atoms with E-state index in [0.29, 0.717) is 13.0 Å². The van der Waals surface area contributed by atoms with Crippen molar-refractivity contribution < 1.29 is 14.9 Å². The minimum absolute atomic E-state index is 0.218. The van der Waals surface area contributed by atoms with Gasteiger partial charge >= 0.3 is 5.69 Å². The van der Waals surface area contributed by atoms with Crippen molar-refractivity contribution in [1.29, 1.82) is 0 Å². The van der Waals surface area contributed by atoms with Crippen LogP contribution in [0.3, 0.4) is 0 Å². The van der Waals surface area contributed by atoms with Gasteiger partial charge in [-0.15, -0.1) is 0 Å². The Morgan fingerprint density at radius 3 is 2.79 bits per heavy atom. The van der Waals surface area contributed by atoms with E-state index in [-0.39, 0.29) is 18.6 Å². The van der Waals surface area contributed by atoms with Gasteiger partial charge in [0.05, 0.1) is 12.7 Å². The molecule has 2 rings (SSSR count). The van der Waals surface area contributed by atoms with Gasteiger partial charge in [0.25, 0.3) is 5.56 Å². The molecule has 1 saturated heterocycles. The molecule has 3 atom stereocenters. The molecule has 0 aliphatic carbocycles. The summed E-state index contributed by atoms with van der Waals surface area (Å²) in [6.07, 6.45) is 0.107. The molecule has 1 aliphatic heterocycles. The fourth-order valence-electron chi connectivity index (χ4n) is 2.23. The lowest BCUT2D eigenvalue weighted by Crippen LogP contribution is -2.40. The van der Waals surface area contributed by atoms with Crippen LogP contribution in [0.15, 0.2) is 21.9 Å². The van der Waals surface area contributed by atoms with Crippen molar-refractivity contribution in [2.75, 3.05) is 6.61 Å². The van der Waals surface area contributed by atoms with Gasteiger partial charge in [0, 0.05) is 25.2 Å². The number of nitrogens with zero attached hydrogens (tertiary/aromatic N) is 2. The van der Waals surface area contributed by atoms with E-state index in [9.17, 15) is 14.7 Å². The number of rotatable bonds is 4. The van der Waals surface area contributed by atoms with Crippen molar-refractivity contribution >= 4 is 0 Å². The Balaban J connectivity index is 2.34. The first-order valence-corrected chi connectivity index (χ1v) is 6.34. The van der Waals surface area contributed by atoms with E-state index in [1.54, 1.807) is 0 Å². The second-order valence-electron chi connectivity index (χ2n) is 4.61. The van der Waals surface area contributed by atoms with E-state index < -0.39 is 24.1 Å². The van der Waals surface area contributed by atoms with E-state index in [0.717, 1.165) is 4.57 Å². The number of aromatic nitrogens is 2. The van der Waals surface area contributed by atoms with Gasteiger partial charge in [0.15, 0.2) is 0 Å². The van der Waals surface area contributed by atoms with E-state index in [1.165, 1.54) is 16.8 Å². The Labute approximate surface area is 109 Å². The summed E-state index contributed by atoms with van der Waals surface area (Å²) in [6, 6.07) is 1.30. The third kappa shape index (κ3) is 2.63. The second kappa shape index (κ2) is 5.68. The van der Waals surface area contributed by atoms with Crippen LogP contribution in [0, 0.1) is 0 Å². The maximum atomic E-state index is 12.2. The molecule has 7 heteroatoms. The van der Waals surface area contributed by atoms with E-state index in [2.05, 4.69) is 0 Å². The number of aliphatic hydroxyl groups excluding tert-OH is 2. The number of ether oxygens (including phenoxy) is 1. The normalized spacial score (nSPS) is 26.8. The molecule has 7 nitrogen and oxygen atoms in total. The molecule has 0 aromatic carbocycles. The van der Waals surface area contributed by atoms with E-state index >= 15 is 0 Å². The van der Waals surface area contributed by atoms with Gasteiger partial charge < -0.3 is 14.9 Å². The van der Waals surface area contributed by atoms with Crippen molar-refractivity contribution in [3.05, 3.63) is 33.1 Å². The topological polar surface area (TPSA) is 93.7 Å². The second-order valence-corrected chi connectivity index (χ2v) is 4.61. The molecule has 0 unspecified atom stereocenters. The highest BCUT2D eigenvalue weighted by atomic mass is 16.5. The molecule has 0 radical (unpaired) electrons. The van der Waals surface area contributed by atoms with Crippen LogP contribution < -0.4 is 11.2 Å². The lowest BCUT2D eigenvalue weighted by atomic mass is 10.2. The Morgan fingerprint density at radius 1 is 1.47 bits per heavy atom. The van der Waals surface area contributed by atoms with Gasteiger partial charge in [-0.3, -0.25) is 13.9 Å². The van der Waals surface area contributed by atoms with Gasteiger partial charge in [0.2, 0.25) is 0 Å². The molecule has 1 aliphatic rings. The number of hydrogen-bond acceptors (Lipinski definition) is 5. The van der Waals surface area contributed by atoms with E-state index in [1.807, 2.05) is 6.92 Å². The van der Waals surface area contributed by atoms with Crippen LogP contribution in [-0.4, -0.2) is 38.2 Å². The number of hydrogen-bond donors (Lipinski definition) is 2. The molecule has 1 aromatic rings. The first-order chi connectivity index (χ1) is 9.08. The Bertz CT molecular complexity index is 550. The molecule has 1 aromatic heterocycles. The summed E-state index contributed by atoms with van der Waals surface area (Å²) in [5.74, 6) is 0. The zero-order chi connectivity index (χ0) is 14.0. The van der Waals surface area contributed by atoms with Gasteiger partial charge in [-0.25, -0.2) is 4.79 Å². The van der Waals surface area contributed by atoms with Gasteiger partial charge in [-0.2, -0.15) is 0 Å². The third-order valence-corrected chi connectivity index (χ3v) is 3.24. The van der Waals surface area contributed by atoms with Crippen molar-refractivity contribution in [3.8, 4) is 0 Å². The molecule has 2 N–H and O–H groups in total. The predicted octanol–water partition coefficient (Wildman–Crippen LogP) is -0.939. The largest absolute Gasteiger partial charge is 0.394 e. The zero-order valence-electron chi connectivity index (χ0n) is 10.7. The van der Waals surface area contributed by atoms with Gasteiger partial charge in [-0.1, -0.05) is 6.92 Å². The first-order valence-electron chi connectivity index (χ1n) is 6.34. The number of aliphatic hydroxyl groups is 2. The molecular formula is C12H18N2O5. The van der Waals surface area contributed by atoms with Crippen LogP contribution in [0.25, 0.3) is 0 Å². The summed E-state index contributed by atoms with van der Waals surface area (Å²) in [7, 11) is 0. The minimum atomic E-state index is -0.812. The predicted molar refractivity (Wildman–Crippen MR) is 66.9 cm³/mol. The lowest BCUT2D eigenvalue weighted by molar-refractivity contribution is -0.0463. The minimum Gasteiger partial charge on any atom is -0.394 e. The first kappa shape index (κ1) is 14.0. The molecule has 106 valence electrons. The average molecular weight is 270 g/mol. The highest BCUT2D eigenvalue weighted by molar-refractivity contribution is 4.90. The lowest BCUT2D eigenvalue weighted by Gasteiger charge is -2.16. The van der Waals surface area contributed by atoms with Crippen molar-refractivity contribution in [2.24, 2.45) is 0 Å². The monoisotopic (exact) mass is 270 g/mol. The molecule has 0 spiro atoms. The highest BCUT2D eigenvalue weighted by Crippen LogP contribution is 2.26. The van der Waals surface area contributed by atoms with Crippen LogP contribution in [0.5, 0.6) is 0 Å². The summed E-state index contributed by atoms with van der Waals surface area (Å²) in [4.78, 5) is 23.8. The third-order valence-electron chi connectivity index (χ3n) is 3.24. The van der Waals surface area contributed by atoms with Crippen molar-refractivity contribution in [2.45, 2.75) is 44.7 Å². The Morgan fingerprint density at radius 2 is 2.21 bits per heavy atom. The van der Waals surface area contributed by atoms with Crippen molar-refractivity contribution in [3.63, 3.8) is 0 Å². The Hall–Kier alpha value is -1.44. The molecule has 0 bridgehead atoms. The van der Waals surface area contributed by atoms with Crippen LogP contribution >= 0.6 is 0 Å². The summed E-state index contributed by atoms with van der Waals surface area (Å²) in [5, 5.41) is 18.7. The fourth-order valence-corrected chi connectivity index (χ4v) is 2.23. The van der Waals surface area contributed by atoms with E-state index in [4.69, 9.17) is 9.84 Å². The maximum absolute atomic E-state index is 12.2. The SMILES string of the molecule is CCCn1c(=O)ccn([C@H]2C[C@H](O)[C@@H](CO)O2)c1=O. The Kier molecular flexibility index (Phi) is 4.18. The van der Waals surface area contributed by atoms with Crippen LogP contribution in [0.2, 0.25) is 0 Å². The van der Waals surface area contributed by atoms with Gasteiger partial charge in [-0.05, 0) is 6.42 Å². The van der Waals surface area contributed by atoms with Crippen molar-refractivity contribution in [1.82, 2.24) is 9.13 Å². The smallest absolute Gasteiger partial charge is 0.333 e. The zero-order valence-corrected chi connectivity index (χ0v) is 10.7. The summed E-state index contributed by atoms with van der Waals surface area (Å²) in [5.41, 5.74) is -0.800. The molecule has 19 heavy (non-hydrogen) atoms. The van der Waals surface area contributed by atoms with Crippen LogP contribution in [0.1, 0.15) is 26.0 Å². The fraction of sp³-hybridized carbons (Fsp3) is 0.667. The molecule has 0 amide bonds. The molecule has 0 saturated carbocycles. The average Bonchev–Trinajstić information content (AvgIpc) is 2.75. The highest BCUT2D eigenvalue weighted by Gasteiger charge is 2.35. The quantitative estimate of drug-likeness (QED) is 0.736. The summed E-state index contributed by atoms with van der Waals surface area (Å²) >= 11 is 0. The standard InChI is InChI=1S/C12H18N2O5/c1-2-4-13-10(17)3-5-14(12(13)18)11-6-8(16)9(7-15)19-11/h3,5,8-9,11,15-16H,2,4,6-7H2,1H3/t8-,9+,11+/m0/s1. The van der Waals surface area contributed by atoms with Crippen LogP contribution in [0.4, 0.5) is 0 Å². The molecule has 2 heterocycles.